The highest BCUT2D eigenvalue weighted by atomic mass is 16.7. The summed E-state index contributed by atoms with van der Waals surface area (Å²) in [5.41, 5.74) is -2.10. The molecule has 13 heteroatoms. The van der Waals surface area contributed by atoms with E-state index in [0.717, 1.165) is 5.71 Å². The van der Waals surface area contributed by atoms with Gasteiger partial charge >= 0.3 is 18.0 Å². The molecule has 13 nitrogen and oxygen atoms in total. The van der Waals surface area contributed by atoms with E-state index in [0.29, 0.717) is 25.8 Å². The predicted molar refractivity (Wildman–Crippen MR) is 186 cm³/mol. The van der Waals surface area contributed by atoms with Gasteiger partial charge in [-0.05, 0) is 80.8 Å². The highest BCUT2D eigenvalue weighted by Crippen LogP contribution is 2.45. The van der Waals surface area contributed by atoms with Crippen LogP contribution >= 0.6 is 0 Å². The fourth-order valence-electron chi connectivity index (χ4n) is 8.97. The average molecular weight is 708 g/mol. The summed E-state index contributed by atoms with van der Waals surface area (Å²) >= 11 is 0. The first kappa shape index (κ1) is 40.2. The Morgan fingerprint density at radius 1 is 1.04 bits per heavy atom. The monoisotopic (exact) mass is 707 g/mol. The first-order valence-electron chi connectivity index (χ1n) is 18.1. The first-order valence-corrected chi connectivity index (χ1v) is 18.1. The summed E-state index contributed by atoms with van der Waals surface area (Å²) in [6, 6.07) is -0.712. The lowest BCUT2D eigenvalue weighted by Gasteiger charge is -2.48. The van der Waals surface area contributed by atoms with Gasteiger partial charge in [-0.25, -0.2) is 4.79 Å². The highest BCUT2D eigenvalue weighted by molar-refractivity contribution is 6.00. The largest absolute Gasteiger partial charge is 0.458 e. The van der Waals surface area contributed by atoms with E-state index < -0.39 is 83.0 Å². The molecule has 2 bridgehead atoms. The van der Waals surface area contributed by atoms with E-state index in [9.17, 15) is 19.2 Å². The second-order valence-electron chi connectivity index (χ2n) is 16.3. The van der Waals surface area contributed by atoms with Crippen LogP contribution in [-0.2, 0) is 42.8 Å². The minimum Gasteiger partial charge on any atom is -0.458 e. The van der Waals surface area contributed by atoms with E-state index in [1.54, 1.807) is 18.9 Å². The Hall–Kier alpha value is -2.61. The lowest BCUT2D eigenvalue weighted by molar-refractivity contribution is -0.297. The van der Waals surface area contributed by atoms with Crippen LogP contribution in [0.15, 0.2) is 4.99 Å². The molecule has 0 radical (unpaired) electrons. The predicted octanol–water partition coefficient (Wildman–Crippen LogP) is 4.43. The Morgan fingerprint density at radius 2 is 1.68 bits per heavy atom. The Kier molecular flexibility index (Phi) is 11.9. The second-order valence-corrected chi connectivity index (χ2v) is 16.3. The van der Waals surface area contributed by atoms with E-state index in [1.807, 2.05) is 67.5 Å². The highest BCUT2D eigenvalue weighted by Gasteiger charge is 2.61. The molecule has 4 rings (SSSR count). The number of amides is 1. The number of hydrogen-bond acceptors (Lipinski definition) is 12. The van der Waals surface area contributed by atoms with Gasteiger partial charge < -0.3 is 33.3 Å². The number of ether oxygens (including phenoxy) is 6. The molecule has 0 N–H and O–H groups in total. The lowest BCUT2D eigenvalue weighted by Crippen LogP contribution is -2.60. The van der Waals surface area contributed by atoms with Gasteiger partial charge in [0.15, 0.2) is 23.8 Å². The van der Waals surface area contributed by atoms with Crippen molar-refractivity contribution in [2.24, 2.45) is 28.7 Å². The number of ketones is 1. The zero-order chi connectivity index (χ0) is 37.7. The van der Waals surface area contributed by atoms with Crippen molar-refractivity contribution in [2.75, 3.05) is 27.7 Å². The van der Waals surface area contributed by atoms with E-state index in [1.165, 1.54) is 13.8 Å². The van der Waals surface area contributed by atoms with Crippen LogP contribution in [0.2, 0.25) is 0 Å². The molecule has 4 aliphatic rings. The van der Waals surface area contributed by atoms with Crippen molar-refractivity contribution in [2.45, 2.75) is 155 Å². The normalized spacial score (nSPS) is 42.6. The molecule has 4 aliphatic heterocycles. The van der Waals surface area contributed by atoms with Gasteiger partial charge in [0, 0.05) is 38.1 Å². The van der Waals surface area contributed by atoms with Crippen LogP contribution < -0.4 is 0 Å². The van der Waals surface area contributed by atoms with Crippen molar-refractivity contribution >= 4 is 29.5 Å². The first-order chi connectivity index (χ1) is 23.1. The number of likely N-dealkylation sites (N-methyl/N-ethyl adjacent to an activating group) is 1. The third-order valence-corrected chi connectivity index (χ3v) is 11.5. The van der Waals surface area contributed by atoms with Gasteiger partial charge in [-0.1, -0.05) is 27.7 Å². The van der Waals surface area contributed by atoms with Crippen molar-refractivity contribution in [1.82, 2.24) is 9.80 Å². The van der Waals surface area contributed by atoms with Gasteiger partial charge in [-0.15, -0.1) is 0 Å². The number of cyclic esters (lactones) is 1. The van der Waals surface area contributed by atoms with Crippen LogP contribution in [0.1, 0.15) is 95.4 Å². The molecule has 0 unspecified atom stereocenters. The molecule has 0 spiro atoms. The number of carbonyl (C=O) groups is 4. The number of hydrogen-bond donors (Lipinski definition) is 0. The van der Waals surface area contributed by atoms with Gasteiger partial charge in [-0.2, -0.15) is 0 Å². The molecule has 284 valence electrons. The molecule has 4 heterocycles. The maximum atomic E-state index is 14.3. The van der Waals surface area contributed by atoms with Gasteiger partial charge in [-0.3, -0.25) is 24.3 Å². The maximum Gasteiger partial charge on any atom is 0.411 e. The Morgan fingerprint density at radius 3 is 2.24 bits per heavy atom. The molecule has 0 aliphatic carbocycles. The fourth-order valence-corrected chi connectivity index (χ4v) is 8.97. The Balaban J connectivity index is 1.88. The summed E-state index contributed by atoms with van der Waals surface area (Å²) in [5.74, 6) is -4.15. The van der Waals surface area contributed by atoms with E-state index >= 15 is 0 Å². The quantitative estimate of drug-likeness (QED) is 0.220. The van der Waals surface area contributed by atoms with Crippen LogP contribution in [0.5, 0.6) is 0 Å². The number of aliphatic imine (C=N–C) groups is 1. The number of fused-ring (bicyclic) bond motifs is 1. The van der Waals surface area contributed by atoms with Crippen molar-refractivity contribution in [3.05, 3.63) is 0 Å². The summed E-state index contributed by atoms with van der Waals surface area (Å²) < 4.78 is 37.6. The average Bonchev–Trinajstić information content (AvgIpc) is 3.20. The summed E-state index contributed by atoms with van der Waals surface area (Å²) in [5, 5.41) is 0. The summed E-state index contributed by atoms with van der Waals surface area (Å²) in [6.45, 7) is 20.5. The van der Waals surface area contributed by atoms with Gasteiger partial charge in [0.2, 0.25) is 0 Å². The van der Waals surface area contributed by atoms with Crippen molar-refractivity contribution < 1.29 is 47.6 Å². The van der Waals surface area contributed by atoms with Crippen molar-refractivity contribution in [1.29, 1.82) is 0 Å². The molecular weight excluding hydrogens is 646 g/mol. The van der Waals surface area contributed by atoms with Gasteiger partial charge in [0.1, 0.15) is 12.0 Å². The molecule has 50 heavy (non-hydrogen) atoms. The third kappa shape index (κ3) is 7.61. The zero-order valence-electron chi connectivity index (χ0n) is 32.6. The Labute approximate surface area is 298 Å². The summed E-state index contributed by atoms with van der Waals surface area (Å²) in [4.78, 5) is 63.1. The van der Waals surface area contributed by atoms with E-state index in [4.69, 9.17) is 33.4 Å². The second kappa shape index (κ2) is 14.8. The number of esters is 2. The minimum atomic E-state index is -1.19. The molecule has 0 aromatic carbocycles. The molecule has 0 aromatic rings. The number of methoxy groups -OCH3 is 1. The van der Waals surface area contributed by atoms with E-state index in [2.05, 4.69) is 6.92 Å². The number of nitrogens with zero attached hydrogens (tertiary/aromatic N) is 3. The fraction of sp³-hybridized carbons (Fsp3) is 0.865. The SMILES string of the molecule is CC[C@@H]1OC(=O)[C@H](C)C(=O)[C@H](C)[C@H](O[C@@H]2O[C@H](C)C[C@H](N(C)C)[C@H]2OC(C)=O)[C@](C)(OC)C[C@@H](C)C2=NC(C)(C)CN3C(=O)O[C@@]1(C)[C@H]3[C@H]2C. The smallest absolute Gasteiger partial charge is 0.411 e. The van der Waals surface area contributed by atoms with E-state index in [-0.39, 0.29) is 24.0 Å². The number of Topliss-reactive ketones (excluding diaryl/α,β-unsaturated/α-hetero) is 1. The molecule has 3 fully saturated rings. The van der Waals surface area contributed by atoms with Crippen LogP contribution in [0.4, 0.5) is 4.79 Å². The molecular formula is C37H61N3O10. The number of carbonyl (C=O) groups excluding carboxylic acids is 4. The van der Waals surface area contributed by atoms with Crippen molar-refractivity contribution in [3.63, 3.8) is 0 Å². The van der Waals surface area contributed by atoms with Crippen molar-refractivity contribution in [3.8, 4) is 0 Å². The molecule has 1 amide bonds. The van der Waals surface area contributed by atoms with Crippen LogP contribution in [0.25, 0.3) is 0 Å². The standard InChI is InChI=1S/C37H61N3O10/c1-15-26-37(11)30-21(4)27(38-35(8,9)18-40(30)34(44)50-37)19(2)17-36(10,45-14)31(22(5)28(42)23(6)32(43)48-26)49-33-29(47-24(7)41)25(39(12)13)16-20(3)46-33/h19-23,25-26,29-31,33H,15-18H2,1-14H3/t19-,20-,21+,22+,23-,25+,26+,29-,30-,31+,33+,36-,37-/m1/s1. The third-order valence-electron chi connectivity index (χ3n) is 11.5. The molecule has 0 aromatic heterocycles. The topological polar surface area (TPSA) is 142 Å². The maximum absolute atomic E-state index is 14.3. The number of rotatable bonds is 6. The molecule has 13 atom stereocenters. The zero-order valence-corrected chi connectivity index (χ0v) is 32.6. The summed E-state index contributed by atoms with van der Waals surface area (Å²) in [7, 11) is 5.40. The lowest BCUT2D eigenvalue weighted by atomic mass is 9.73. The molecule has 0 saturated carbocycles. The van der Waals surface area contributed by atoms with Crippen LogP contribution in [0.3, 0.4) is 0 Å². The Bertz CT molecular complexity index is 1340. The molecule has 3 saturated heterocycles. The van der Waals surface area contributed by atoms with Gasteiger partial charge in [0.05, 0.1) is 35.4 Å². The summed E-state index contributed by atoms with van der Waals surface area (Å²) in [6.07, 6.45) is -2.98. The minimum absolute atomic E-state index is 0.212. The van der Waals surface area contributed by atoms with Crippen LogP contribution in [-0.4, -0.2) is 127 Å². The van der Waals surface area contributed by atoms with Crippen LogP contribution in [0, 0.1) is 23.7 Å². The van der Waals surface area contributed by atoms with Gasteiger partial charge in [0.25, 0.3) is 0 Å².